The van der Waals surface area contributed by atoms with Gasteiger partial charge in [0.15, 0.2) is 0 Å². The van der Waals surface area contributed by atoms with Gasteiger partial charge in [0.1, 0.15) is 0 Å². The van der Waals surface area contributed by atoms with Gasteiger partial charge in [-0.15, -0.1) is 11.3 Å². The highest BCUT2D eigenvalue weighted by Gasteiger charge is 2.31. The minimum absolute atomic E-state index is 0.210. The third-order valence-electron chi connectivity index (χ3n) is 3.12. The van der Waals surface area contributed by atoms with Crippen molar-refractivity contribution >= 4 is 28.9 Å². The van der Waals surface area contributed by atoms with E-state index in [0.717, 1.165) is 17.3 Å². The fraction of sp³-hybridized carbons (Fsp3) is 0.545. The van der Waals surface area contributed by atoms with Gasteiger partial charge in [-0.25, -0.2) is 0 Å². The maximum absolute atomic E-state index is 10.9. The summed E-state index contributed by atoms with van der Waals surface area (Å²) in [5.74, 6) is -0.892. The highest BCUT2D eigenvalue weighted by Crippen LogP contribution is 2.33. The van der Waals surface area contributed by atoms with Crippen LogP contribution in [0.15, 0.2) is 12.1 Å². The van der Waals surface area contributed by atoms with E-state index in [4.69, 9.17) is 16.7 Å². The summed E-state index contributed by atoms with van der Waals surface area (Å²) in [7, 11) is 0. The van der Waals surface area contributed by atoms with E-state index >= 15 is 0 Å². The number of carboxylic acid groups (broad SMARTS) is 1. The summed E-state index contributed by atoms with van der Waals surface area (Å²) in [4.78, 5) is 14.3. The van der Waals surface area contributed by atoms with Gasteiger partial charge in [0.25, 0.3) is 0 Å². The van der Waals surface area contributed by atoms with Crippen molar-refractivity contribution in [1.29, 1.82) is 0 Å². The first kappa shape index (κ1) is 11.9. The van der Waals surface area contributed by atoms with Crippen molar-refractivity contribution in [3.8, 4) is 0 Å². The number of hydrogen-bond donors (Lipinski definition) is 1. The Morgan fingerprint density at radius 3 is 2.94 bits per heavy atom. The first-order valence-corrected chi connectivity index (χ1v) is 6.49. The number of nitrogens with zero attached hydrogens (tertiary/aromatic N) is 1. The van der Waals surface area contributed by atoms with E-state index in [2.05, 4.69) is 11.8 Å². The third kappa shape index (κ3) is 2.39. The Hall–Kier alpha value is -0.580. The molecular weight excluding hydrogens is 246 g/mol. The number of likely N-dealkylation sites (tertiary alicyclic amines) is 1. The van der Waals surface area contributed by atoms with Crippen molar-refractivity contribution in [2.45, 2.75) is 19.4 Å². The molecule has 0 aliphatic carbocycles. The van der Waals surface area contributed by atoms with Gasteiger partial charge in [-0.1, -0.05) is 11.6 Å². The lowest BCUT2D eigenvalue weighted by Crippen LogP contribution is -2.25. The third-order valence-corrected chi connectivity index (χ3v) is 4.52. The van der Waals surface area contributed by atoms with E-state index in [1.165, 1.54) is 4.88 Å². The van der Waals surface area contributed by atoms with Crippen LogP contribution in [0.5, 0.6) is 0 Å². The molecule has 1 aromatic rings. The van der Waals surface area contributed by atoms with E-state index in [1.54, 1.807) is 11.3 Å². The number of rotatable bonds is 3. The molecule has 2 heterocycles. The second-order valence-corrected chi connectivity index (χ2v) is 5.88. The monoisotopic (exact) mass is 259 g/mol. The van der Waals surface area contributed by atoms with Gasteiger partial charge in [-0.05, 0) is 32.0 Å². The number of thiophene rings is 1. The molecule has 16 heavy (non-hydrogen) atoms. The molecule has 3 nitrogen and oxygen atoms in total. The van der Waals surface area contributed by atoms with Gasteiger partial charge >= 0.3 is 5.97 Å². The van der Waals surface area contributed by atoms with Crippen molar-refractivity contribution in [2.24, 2.45) is 5.92 Å². The molecule has 2 atom stereocenters. The van der Waals surface area contributed by atoms with Crippen LogP contribution in [0.1, 0.15) is 24.3 Å². The largest absolute Gasteiger partial charge is 0.481 e. The average molecular weight is 260 g/mol. The maximum Gasteiger partial charge on any atom is 0.307 e. The smallest absolute Gasteiger partial charge is 0.307 e. The Balaban J connectivity index is 2.02. The summed E-state index contributed by atoms with van der Waals surface area (Å²) in [5.41, 5.74) is 0. The molecule has 88 valence electrons. The Kier molecular flexibility index (Phi) is 3.52. The molecule has 0 saturated carbocycles. The molecule has 2 rings (SSSR count). The molecule has 1 fully saturated rings. The molecule has 0 radical (unpaired) electrons. The van der Waals surface area contributed by atoms with Crippen LogP contribution >= 0.6 is 22.9 Å². The zero-order valence-corrected chi connectivity index (χ0v) is 10.6. The summed E-state index contributed by atoms with van der Waals surface area (Å²) in [6.07, 6.45) is 0.749. The predicted octanol–water partition coefficient (Wildman–Crippen LogP) is 2.87. The zero-order chi connectivity index (χ0) is 11.7. The van der Waals surface area contributed by atoms with Crippen LogP contribution in [0.2, 0.25) is 4.34 Å². The van der Waals surface area contributed by atoms with Crippen molar-refractivity contribution in [3.05, 3.63) is 21.3 Å². The van der Waals surface area contributed by atoms with Crippen LogP contribution in [0, 0.1) is 5.92 Å². The number of halogens is 1. The molecular formula is C11H14ClNO2S. The quantitative estimate of drug-likeness (QED) is 0.908. The topological polar surface area (TPSA) is 40.5 Å². The summed E-state index contributed by atoms with van der Waals surface area (Å²) in [5, 5.41) is 8.94. The molecule has 2 unspecified atom stereocenters. The molecule has 0 amide bonds. The second kappa shape index (κ2) is 4.73. The van der Waals surface area contributed by atoms with Crippen LogP contribution in [-0.2, 0) is 4.79 Å². The number of hydrogen-bond acceptors (Lipinski definition) is 3. The number of carboxylic acids is 1. The minimum Gasteiger partial charge on any atom is -0.481 e. The fourth-order valence-electron chi connectivity index (χ4n) is 2.07. The maximum atomic E-state index is 10.9. The number of carbonyl (C=O) groups is 1. The Morgan fingerprint density at radius 2 is 2.44 bits per heavy atom. The standard InChI is InChI=1S/C11H14ClNO2S/c1-7(9-2-3-10(12)16-9)13-5-4-8(6-13)11(14)15/h2-3,7-8H,4-6H2,1H3,(H,14,15). The molecule has 1 aliphatic heterocycles. The summed E-state index contributed by atoms with van der Waals surface area (Å²) in [6.45, 7) is 3.60. The van der Waals surface area contributed by atoms with Crippen LogP contribution in [-0.4, -0.2) is 29.1 Å². The van der Waals surface area contributed by atoms with Crippen LogP contribution in [0.3, 0.4) is 0 Å². The fourth-order valence-corrected chi connectivity index (χ4v) is 3.22. The SMILES string of the molecule is CC(c1ccc(Cl)s1)N1CCC(C(=O)O)C1. The molecule has 0 spiro atoms. The molecule has 0 aromatic carbocycles. The second-order valence-electron chi connectivity index (χ2n) is 4.14. The summed E-state index contributed by atoms with van der Waals surface area (Å²) < 4.78 is 0.788. The first-order valence-electron chi connectivity index (χ1n) is 5.30. The van der Waals surface area contributed by atoms with E-state index in [9.17, 15) is 4.79 Å². The van der Waals surface area contributed by atoms with Gasteiger partial charge in [0, 0.05) is 17.5 Å². The Bertz CT molecular complexity index is 393. The van der Waals surface area contributed by atoms with E-state index in [-0.39, 0.29) is 12.0 Å². The van der Waals surface area contributed by atoms with Gasteiger partial charge < -0.3 is 5.11 Å². The normalized spacial score (nSPS) is 23.5. The van der Waals surface area contributed by atoms with Gasteiger partial charge in [0.2, 0.25) is 0 Å². The minimum atomic E-state index is -0.682. The summed E-state index contributed by atoms with van der Waals surface area (Å²) >= 11 is 7.46. The highest BCUT2D eigenvalue weighted by atomic mass is 35.5. The lowest BCUT2D eigenvalue weighted by atomic mass is 10.1. The first-order chi connectivity index (χ1) is 7.58. The van der Waals surface area contributed by atoms with Crippen LogP contribution in [0.25, 0.3) is 0 Å². The van der Waals surface area contributed by atoms with Crippen molar-refractivity contribution in [3.63, 3.8) is 0 Å². The van der Waals surface area contributed by atoms with E-state index in [0.29, 0.717) is 6.54 Å². The van der Waals surface area contributed by atoms with E-state index < -0.39 is 5.97 Å². The van der Waals surface area contributed by atoms with Gasteiger partial charge in [-0.2, -0.15) is 0 Å². The molecule has 1 saturated heterocycles. The lowest BCUT2D eigenvalue weighted by molar-refractivity contribution is -0.141. The van der Waals surface area contributed by atoms with Crippen molar-refractivity contribution in [2.75, 3.05) is 13.1 Å². The Labute approximate surface area is 104 Å². The highest BCUT2D eigenvalue weighted by molar-refractivity contribution is 7.16. The molecule has 1 aromatic heterocycles. The lowest BCUT2D eigenvalue weighted by Gasteiger charge is -2.22. The summed E-state index contributed by atoms with van der Waals surface area (Å²) in [6, 6.07) is 4.18. The Morgan fingerprint density at radius 1 is 1.69 bits per heavy atom. The molecule has 1 N–H and O–H groups in total. The zero-order valence-electron chi connectivity index (χ0n) is 9.02. The van der Waals surface area contributed by atoms with Gasteiger partial charge in [-0.3, -0.25) is 9.69 Å². The van der Waals surface area contributed by atoms with Crippen molar-refractivity contribution < 1.29 is 9.90 Å². The molecule has 0 bridgehead atoms. The molecule has 1 aliphatic rings. The molecule has 5 heteroatoms. The predicted molar refractivity (Wildman–Crippen MR) is 65.1 cm³/mol. The van der Waals surface area contributed by atoms with Crippen LogP contribution < -0.4 is 0 Å². The van der Waals surface area contributed by atoms with Gasteiger partial charge in [0.05, 0.1) is 10.3 Å². The van der Waals surface area contributed by atoms with Crippen LogP contribution in [0.4, 0.5) is 0 Å². The van der Waals surface area contributed by atoms with Crippen molar-refractivity contribution in [1.82, 2.24) is 4.90 Å². The average Bonchev–Trinajstić information content (AvgIpc) is 2.84. The number of aliphatic carboxylic acids is 1. The van der Waals surface area contributed by atoms with E-state index in [1.807, 2.05) is 12.1 Å².